The van der Waals surface area contributed by atoms with Gasteiger partial charge in [0.2, 0.25) is 0 Å². The molecule has 110 valence electrons. The van der Waals surface area contributed by atoms with Crippen LogP contribution in [-0.2, 0) is 5.60 Å². The zero-order valence-electron chi connectivity index (χ0n) is 12.1. The highest BCUT2D eigenvalue weighted by Crippen LogP contribution is 2.27. The molecule has 2 aromatic rings. The molecule has 0 aliphatic carbocycles. The van der Waals surface area contributed by atoms with E-state index in [0.717, 1.165) is 5.56 Å². The van der Waals surface area contributed by atoms with E-state index in [1.165, 1.54) is 0 Å². The Balaban J connectivity index is 2.08. The van der Waals surface area contributed by atoms with Crippen molar-refractivity contribution in [2.45, 2.75) is 19.4 Å². The first-order valence-electron chi connectivity index (χ1n) is 6.72. The van der Waals surface area contributed by atoms with E-state index in [1.807, 2.05) is 19.1 Å². The van der Waals surface area contributed by atoms with Crippen LogP contribution in [0.2, 0.25) is 5.02 Å². The lowest BCUT2D eigenvalue weighted by atomic mass is 9.96. The molecule has 0 fully saturated rings. The number of rotatable bonds is 4. The molecule has 1 atom stereocenters. The van der Waals surface area contributed by atoms with Gasteiger partial charge >= 0.3 is 0 Å². The quantitative estimate of drug-likeness (QED) is 0.910. The number of hydrogen-bond donors (Lipinski definition) is 2. The molecule has 0 aliphatic heterocycles. The zero-order chi connectivity index (χ0) is 15.5. The molecule has 1 amide bonds. The van der Waals surface area contributed by atoms with Gasteiger partial charge in [-0.1, -0.05) is 47.5 Å². The number of amides is 1. The molecule has 0 saturated carbocycles. The number of aryl methyl sites for hydroxylation is 1. The Morgan fingerprint density at radius 3 is 2.62 bits per heavy atom. The molecule has 0 saturated heterocycles. The molecule has 3 nitrogen and oxygen atoms in total. The lowest BCUT2D eigenvalue weighted by molar-refractivity contribution is 0.0527. The van der Waals surface area contributed by atoms with Crippen molar-refractivity contribution in [1.29, 1.82) is 0 Å². The maximum Gasteiger partial charge on any atom is 0.251 e. The van der Waals surface area contributed by atoms with E-state index >= 15 is 0 Å². The molecule has 21 heavy (non-hydrogen) atoms. The van der Waals surface area contributed by atoms with Crippen molar-refractivity contribution in [3.8, 4) is 0 Å². The monoisotopic (exact) mass is 303 g/mol. The van der Waals surface area contributed by atoms with Crippen LogP contribution in [0.25, 0.3) is 0 Å². The van der Waals surface area contributed by atoms with E-state index in [2.05, 4.69) is 5.32 Å². The Bertz CT molecular complexity index is 653. The lowest BCUT2D eigenvalue weighted by Crippen LogP contribution is -2.38. The molecule has 0 radical (unpaired) electrons. The summed E-state index contributed by atoms with van der Waals surface area (Å²) in [5, 5.41) is 13.7. The Labute approximate surface area is 129 Å². The molecule has 0 bridgehead atoms. The largest absolute Gasteiger partial charge is 0.384 e. The fourth-order valence-corrected chi connectivity index (χ4v) is 2.47. The van der Waals surface area contributed by atoms with Gasteiger partial charge < -0.3 is 10.4 Å². The second-order valence-electron chi connectivity index (χ2n) is 5.31. The fourth-order valence-electron chi connectivity index (χ4n) is 2.13. The molecule has 0 aromatic heterocycles. The van der Waals surface area contributed by atoms with Crippen LogP contribution in [0.1, 0.15) is 28.4 Å². The van der Waals surface area contributed by atoms with Crippen LogP contribution >= 0.6 is 11.6 Å². The predicted molar refractivity (Wildman–Crippen MR) is 84.5 cm³/mol. The van der Waals surface area contributed by atoms with Gasteiger partial charge in [0.25, 0.3) is 5.91 Å². The normalized spacial score (nSPS) is 13.5. The molecule has 0 unspecified atom stereocenters. The summed E-state index contributed by atoms with van der Waals surface area (Å²) in [6, 6.07) is 14.4. The maximum atomic E-state index is 12.1. The van der Waals surface area contributed by atoms with Crippen molar-refractivity contribution < 1.29 is 9.90 Å². The van der Waals surface area contributed by atoms with Gasteiger partial charge in [0.1, 0.15) is 5.60 Å². The van der Waals surface area contributed by atoms with E-state index in [9.17, 15) is 9.90 Å². The molecule has 2 rings (SSSR count). The van der Waals surface area contributed by atoms with Crippen LogP contribution < -0.4 is 5.32 Å². The first-order valence-corrected chi connectivity index (χ1v) is 7.10. The molecule has 0 aliphatic rings. The highest BCUT2D eigenvalue weighted by atomic mass is 35.5. The van der Waals surface area contributed by atoms with Crippen molar-refractivity contribution in [3.63, 3.8) is 0 Å². The minimum absolute atomic E-state index is 0.0868. The molecule has 2 aromatic carbocycles. The Hall–Kier alpha value is -1.84. The summed E-state index contributed by atoms with van der Waals surface area (Å²) in [6.07, 6.45) is 0. The van der Waals surface area contributed by atoms with Crippen LogP contribution in [0.5, 0.6) is 0 Å². The van der Waals surface area contributed by atoms with Gasteiger partial charge in [0.15, 0.2) is 0 Å². The van der Waals surface area contributed by atoms with Gasteiger partial charge in [-0.25, -0.2) is 0 Å². The Kier molecular flexibility index (Phi) is 4.66. The van der Waals surface area contributed by atoms with Gasteiger partial charge in [0.05, 0.1) is 6.54 Å². The Morgan fingerprint density at radius 1 is 1.24 bits per heavy atom. The van der Waals surface area contributed by atoms with Crippen molar-refractivity contribution in [3.05, 3.63) is 70.2 Å². The number of hydrogen-bond acceptors (Lipinski definition) is 2. The zero-order valence-corrected chi connectivity index (χ0v) is 12.8. The third kappa shape index (κ3) is 3.84. The third-order valence-corrected chi connectivity index (χ3v) is 3.66. The molecule has 2 N–H and O–H groups in total. The number of halogens is 1. The minimum Gasteiger partial charge on any atom is -0.384 e. The topological polar surface area (TPSA) is 49.3 Å². The van der Waals surface area contributed by atoms with Gasteiger partial charge in [-0.2, -0.15) is 0 Å². The summed E-state index contributed by atoms with van der Waals surface area (Å²) in [5.41, 5.74) is 0.958. The lowest BCUT2D eigenvalue weighted by Gasteiger charge is -2.25. The van der Waals surface area contributed by atoms with Crippen molar-refractivity contribution in [2.75, 3.05) is 6.54 Å². The highest BCUT2D eigenvalue weighted by Gasteiger charge is 2.26. The first-order chi connectivity index (χ1) is 9.90. The van der Waals surface area contributed by atoms with E-state index in [4.69, 9.17) is 11.6 Å². The summed E-state index contributed by atoms with van der Waals surface area (Å²) in [5.74, 6) is -0.217. The third-order valence-electron chi connectivity index (χ3n) is 3.33. The van der Waals surface area contributed by atoms with Crippen LogP contribution in [0.15, 0.2) is 48.5 Å². The smallest absolute Gasteiger partial charge is 0.251 e. The average Bonchev–Trinajstić information content (AvgIpc) is 2.45. The van der Waals surface area contributed by atoms with Crippen LogP contribution in [-0.4, -0.2) is 17.6 Å². The highest BCUT2D eigenvalue weighted by molar-refractivity contribution is 6.31. The van der Waals surface area contributed by atoms with Gasteiger partial charge in [-0.15, -0.1) is 0 Å². The van der Waals surface area contributed by atoms with Crippen molar-refractivity contribution in [1.82, 2.24) is 5.32 Å². The van der Waals surface area contributed by atoms with Gasteiger partial charge in [-0.3, -0.25) is 4.79 Å². The van der Waals surface area contributed by atoms with E-state index < -0.39 is 5.60 Å². The Morgan fingerprint density at radius 2 is 1.95 bits per heavy atom. The van der Waals surface area contributed by atoms with Crippen LogP contribution in [0.4, 0.5) is 0 Å². The summed E-state index contributed by atoms with van der Waals surface area (Å²) < 4.78 is 0. The molecular formula is C17H18ClNO2. The van der Waals surface area contributed by atoms with E-state index in [-0.39, 0.29) is 12.5 Å². The number of aliphatic hydroxyl groups is 1. The van der Waals surface area contributed by atoms with E-state index in [1.54, 1.807) is 43.3 Å². The number of nitrogens with one attached hydrogen (secondary N) is 1. The second-order valence-corrected chi connectivity index (χ2v) is 5.71. The van der Waals surface area contributed by atoms with E-state index in [0.29, 0.717) is 16.1 Å². The SMILES string of the molecule is Cc1cccc(C(=O)NC[C@@](C)(O)c2ccccc2Cl)c1. The van der Waals surface area contributed by atoms with Crippen LogP contribution in [0.3, 0.4) is 0 Å². The average molecular weight is 304 g/mol. The number of carbonyl (C=O) groups is 1. The first kappa shape index (κ1) is 15.5. The molecular weight excluding hydrogens is 286 g/mol. The minimum atomic E-state index is -1.22. The summed E-state index contributed by atoms with van der Waals surface area (Å²) in [6.45, 7) is 3.64. The summed E-state index contributed by atoms with van der Waals surface area (Å²) in [7, 11) is 0. The summed E-state index contributed by atoms with van der Waals surface area (Å²) >= 11 is 6.09. The predicted octanol–water partition coefficient (Wildman–Crippen LogP) is 3.29. The van der Waals surface area contributed by atoms with Gasteiger partial charge in [-0.05, 0) is 32.0 Å². The number of benzene rings is 2. The standard InChI is InChI=1S/C17H18ClNO2/c1-12-6-5-7-13(10-12)16(20)19-11-17(2,21)14-8-3-4-9-15(14)18/h3-10,21H,11H2,1-2H3,(H,19,20)/t17-/m1/s1. The molecule has 4 heteroatoms. The second kappa shape index (κ2) is 6.29. The number of carbonyl (C=O) groups excluding carboxylic acids is 1. The molecule has 0 spiro atoms. The van der Waals surface area contributed by atoms with Crippen molar-refractivity contribution >= 4 is 17.5 Å². The fraction of sp³-hybridized carbons (Fsp3) is 0.235. The van der Waals surface area contributed by atoms with Crippen LogP contribution in [0, 0.1) is 6.92 Å². The maximum absolute atomic E-state index is 12.1. The molecule has 0 heterocycles. The van der Waals surface area contributed by atoms with Gasteiger partial charge in [0, 0.05) is 16.1 Å². The van der Waals surface area contributed by atoms with Crippen molar-refractivity contribution in [2.24, 2.45) is 0 Å². The summed E-state index contributed by atoms with van der Waals surface area (Å²) in [4.78, 5) is 12.1.